The highest BCUT2D eigenvalue weighted by atomic mass is 19.1. The van der Waals surface area contributed by atoms with Crippen LogP contribution in [-0.2, 0) is 4.79 Å². The molecule has 0 aliphatic carbocycles. The van der Waals surface area contributed by atoms with Crippen molar-refractivity contribution in [2.24, 2.45) is 0 Å². The number of halogens is 1. The van der Waals surface area contributed by atoms with Crippen LogP contribution < -0.4 is 10.1 Å². The first-order chi connectivity index (χ1) is 13.1. The molecule has 0 fully saturated rings. The van der Waals surface area contributed by atoms with E-state index in [1.807, 2.05) is 42.3 Å². The number of ether oxygens (including phenoxy) is 1. The second kappa shape index (κ2) is 9.09. The summed E-state index contributed by atoms with van der Waals surface area (Å²) in [7, 11) is 1.89. The molecule has 1 amide bonds. The monoisotopic (exact) mass is 367 g/mol. The third kappa shape index (κ3) is 5.49. The van der Waals surface area contributed by atoms with E-state index >= 15 is 0 Å². The van der Waals surface area contributed by atoms with Crippen LogP contribution in [0.3, 0.4) is 0 Å². The zero-order valence-electron chi connectivity index (χ0n) is 15.2. The van der Waals surface area contributed by atoms with Crippen LogP contribution in [-0.4, -0.2) is 42.5 Å². The first kappa shape index (κ1) is 18.8. The lowest BCUT2D eigenvalue weighted by molar-refractivity contribution is -0.117. The number of hydrogen-bond acceptors (Lipinski definition) is 4. The molecule has 0 radical (unpaired) electrons. The fourth-order valence-electron chi connectivity index (χ4n) is 2.78. The van der Waals surface area contributed by atoms with Crippen molar-refractivity contribution in [1.82, 2.24) is 9.88 Å². The molecule has 140 valence electrons. The highest BCUT2D eigenvalue weighted by molar-refractivity contribution is 6.01. The van der Waals surface area contributed by atoms with Gasteiger partial charge in [0.1, 0.15) is 11.6 Å². The number of likely N-dealkylation sites (N-methyl/N-ethyl adjacent to an activating group) is 1. The van der Waals surface area contributed by atoms with Crippen LogP contribution in [0.2, 0.25) is 0 Å². The molecule has 5 nitrogen and oxygen atoms in total. The molecular formula is C21H22FN3O2. The third-order valence-electron chi connectivity index (χ3n) is 4.10. The molecule has 3 aromatic rings. The van der Waals surface area contributed by atoms with E-state index in [0.717, 1.165) is 23.0 Å². The molecular weight excluding hydrogens is 345 g/mol. The second-order valence-corrected chi connectivity index (χ2v) is 6.32. The van der Waals surface area contributed by atoms with E-state index in [-0.39, 0.29) is 18.3 Å². The summed E-state index contributed by atoms with van der Waals surface area (Å²) in [6, 6.07) is 15.4. The van der Waals surface area contributed by atoms with Crippen LogP contribution in [0.25, 0.3) is 10.9 Å². The van der Waals surface area contributed by atoms with Crippen molar-refractivity contribution in [3.8, 4) is 5.75 Å². The molecule has 0 unspecified atom stereocenters. The number of nitrogens with zero attached hydrogens (tertiary/aromatic N) is 2. The Morgan fingerprint density at radius 1 is 1.15 bits per heavy atom. The maximum absolute atomic E-state index is 12.8. The zero-order valence-corrected chi connectivity index (χ0v) is 15.2. The number of benzene rings is 2. The van der Waals surface area contributed by atoms with Gasteiger partial charge < -0.3 is 10.1 Å². The van der Waals surface area contributed by atoms with Gasteiger partial charge in [0.2, 0.25) is 5.91 Å². The minimum absolute atomic E-state index is 0.0756. The van der Waals surface area contributed by atoms with Crippen molar-refractivity contribution in [2.75, 3.05) is 32.1 Å². The Labute approximate surface area is 157 Å². The summed E-state index contributed by atoms with van der Waals surface area (Å²) in [4.78, 5) is 18.5. The van der Waals surface area contributed by atoms with E-state index < -0.39 is 0 Å². The Morgan fingerprint density at radius 2 is 1.96 bits per heavy atom. The Morgan fingerprint density at radius 3 is 2.78 bits per heavy atom. The van der Waals surface area contributed by atoms with Crippen molar-refractivity contribution >= 4 is 22.5 Å². The van der Waals surface area contributed by atoms with Crippen LogP contribution in [0, 0.1) is 5.82 Å². The van der Waals surface area contributed by atoms with Crippen LogP contribution in [0.5, 0.6) is 5.75 Å². The molecule has 6 heteroatoms. The van der Waals surface area contributed by atoms with E-state index in [1.165, 1.54) is 12.1 Å². The van der Waals surface area contributed by atoms with E-state index in [4.69, 9.17) is 4.74 Å². The number of hydrogen-bond donors (Lipinski definition) is 1. The average Bonchev–Trinajstić information content (AvgIpc) is 2.67. The molecule has 3 rings (SSSR count). The summed E-state index contributed by atoms with van der Waals surface area (Å²) in [5, 5.41) is 3.87. The van der Waals surface area contributed by atoms with Gasteiger partial charge in [0.15, 0.2) is 0 Å². The van der Waals surface area contributed by atoms with Crippen LogP contribution >= 0.6 is 0 Å². The quantitative estimate of drug-likeness (QED) is 0.617. The summed E-state index contributed by atoms with van der Waals surface area (Å²) < 4.78 is 18.4. The van der Waals surface area contributed by atoms with Gasteiger partial charge in [-0.25, -0.2) is 4.39 Å². The smallest absolute Gasteiger partial charge is 0.238 e. The number of amides is 1. The van der Waals surface area contributed by atoms with E-state index in [0.29, 0.717) is 18.9 Å². The van der Waals surface area contributed by atoms with Gasteiger partial charge in [0, 0.05) is 18.1 Å². The largest absolute Gasteiger partial charge is 0.494 e. The first-order valence-electron chi connectivity index (χ1n) is 8.82. The Balaban J connectivity index is 1.43. The summed E-state index contributed by atoms with van der Waals surface area (Å²) in [6.07, 6.45) is 2.50. The summed E-state index contributed by atoms with van der Waals surface area (Å²) >= 11 is 0. The molecule has 0 aliphatic rings. The van der Waals surface area contributed by atoms with Gasteiger partial charge in [-0.05, 0) is 62.0 Å². The second-order valence-electron chi connectivity index (χ2n) is 6.32. The normalized spacial score (nSPS) is 10.9. The van der Waals surface area contributed by atoms with Gasteiger partial charge in [-0.1, -0.05) is 6.07 Å². The van der Waals surface area contributed by atoms with Crippen molar-refractivity contribution in [2.45, 2.75) is 6.42 Å². The minimum Gasteiger partial charge on any atom is -0.494 e. The minimum atomic E-state index is -0.282. The number of anilines is 1. The summed E-state index contributed by atoms with van der Waals surface area (Å²) in [5.41, 5.74) is 1.61. The van der Waals surface area contributed by atoms with Crippen LogP contribution in [0.4, 0.5) is 10.1 Å². The van der Waals surface area contributed by atoms with Crippen molar-refractivity contribution in [3.05, 3.63) is 66.6 Å². The Hall–Kier alpha value is -2.99. The van der Waals surface area contributed by atoms with E-state index in [2.05, 4.69) is 10.3 Å². The van der Waals surface area contributed by atoms with Crippen LogP contribution in [0.15, 0.2) is 60.8 Å². The summed E-state index contributed by atoms with van der Waals surface area (Å²) in [5.74, 6) is 0.282. The molecule has 0 atom stereocenters. The van der Waals surface area contributed by atoms with Gasteiger partial charge in [-0.3, -0.25) is 14.7 Å². The highest BCUT2D eigenvalue weighted by Crippen LogP contribution is 2.21. The topological polar surface area (TPSA) is 54.5 Å². The predicted octanol–water partition coefficient (Wildman–Crippen LogP) is 3.71. The van der Waals surface area contributed by atoms with Gasteiger partial charge >= 0.3 is 0 Å². The third-order valence-corrected chi connectivity index (χ3v) is 4.10. The van der Waals surface area contributed by atoms with E-state index in [1.54, 1.807) is 18.3 Å². The SMILES string of the molecule is CN(CCCOc1ccc(F)cc1)CC(=O)Nc1cccc2ncccc12. The molecule has 0 saturated heterocycles. The van der Waals surface area contributed by atoms with E-state index in [9.17, 15) is 9.18 Å². The van der Waals surface area contributed by atoms with Gasteiger partial charge in [0.25, 0.3) is 0 Å². The van der Waals surface area contributed by atoms with Gasteiger partial charge in [0.05, 0.1) is 24.4 Å². The fraction of sp³-hybridized carbons (Fsp3) is 0.238. The van der Waals surface area contributed by atoms with Crippen molar-refractivity contribution in [3.63, 3.8) is 0 Å². The lowest BCUT2D eigenvalue weighted by Gasteiger charge is -2.17. The molecule has 1 heterocycles. The molecule has 0 saturated carbocycles. The molecule has 2 aromatic carbocycles. The van der Waals surface area contributed by atoms with Crippen LogP contribution in [0.1, 0.15) is 6.42 Å². The number of aromatic nitrogens is 1. The highest BCUT2D eigenvalue weighted by Gasteiger charge is 2.09. The standard InChI is InChI=1S/C21H22FN3O2/c1-25(13-4-14-27-17-10-8-16(22)9-11-17)15-21(26)24-20-7-2-6-19-18(20)5-3-12-23-19/h2-3,5-12H,4,13-15H2,1H3,(H,24,26). The number of fused-ring (bicyclic) bond motifs is 1. The molecule has 0 aliphatic heterocycles. The maximum atomic E-state index is 12.8. The molecule has 27 heavy (non-hydrogen) atoms. The van der Waals surface area contributed by atoms with Crippen molar-refractivity contribution in [1.29, 1.82) is 0 Å². The van der Waals surface area contributed by atoms with Crippen molar-refractivity contribution < 1.29 is 13.9 Å². The molecule has 1 N–H and O–H groups in total. The Kier molecular flexibility index (Phi) is 6.33. The lowest BCUT2D eigenvalue weighted by atomic mass is 10.2. The lowest BCUT2D eigenvalue weighted by Crippen LogP contribution is -2.31. The van der Waals surface area contributed by atoms with Gasteiger partial charge in [-0.2, -0.15) is 0 Å². The number of nitrogens with one attached hydrogen (secondary N) is 1. The predicted molar refractivity (Wildman–Crippen MR) is 104 cm³/mol. The summed E-state index contributed by atoms with van der Waals surface area (Å²) in [6.45, 7) is 1.51. The zero-order chi connectivity index (χ0) is 19.1. The fourth-order valence-corrected chi connectivity index (χ4v) is 2.78. The number of pyridine rings is 1. The molecule has 0 spiro atoms. The molecule has 1 aromatic heterocycles. The first-order valence-corrected chi connectivity index (χ1v) is 8.82. The number of carbonyl (C=O) groups excluding carboxylic acids is 1. The molecule has 0 bridgehead atoms. The Bertz CT molecular complexity index is 894. The average molecular weight is 367 g/mol. The maximum Gasteiger partial charge on any atom is 0.238 e. The van der Waals surface area contributed by atoms with Gasteiger partial charge in [-0.15, -0.1) is 0 Å². The number of rotatable bonds is 8. The number of carbonyl (C=O) groups is 1.